The lowest BCUT2D eigenvalue weighted by Crippen LogP contribution is -2.53. The van der Waals surface area contributed by atoms with E-state index in [0.717, 1.165) is 32.1 Å². The van der Waals surface area contributed by atoms with Crippen LogP contribution < -0.4 is 11.1 Å². The number of amides is 1. The topological polar surface area (TPSA) is 55.1 Å². The summed E-state index contributed by atoms with van der Waals surface area (Å²) in [6.45, 7) is 4.43. The molecule has 0 heterocycles. The monoisotopic (exact) mass is 238 g/mol. The number of nitrogens with two attached hydrogens (primary N) is 1. The maximum absolute atomic E-state index is 12.5. The Bertz CT molecular complexity index is 276. The van der Waals surface area contributed by atoms with Gasteiger partial charge < -0.3 is 11.1 Å². The highest BCUT2D eigenvalue weighted by atomic mass is 16.2. The fraction of sp³-hybridized carbons (Fsp3) is 0.929. The second kappa shape index (κ2) is 4.97. The molecule has 0 saturated heterocycles. The van der Waals surface area contributed by atoms with Crippen LogP contribution in [-0.4, -0.2) is 18.0 Å². The number of hydrogen-bond acceptors (Lipinski definition) is 2. The molecule has 0 aromatic heterocycles. The SMILES string of the molecule is CC(C)CC1(C(=O)NC2CC(N)C2)CCCC1. The van der Waals surface area contributed by atoms with Crippen LogP contribution in [0, 0.1) is 11.3 Å². The van der Waals surface area contributed by atoms with Gasteiger partial charge in [-0.2, -0.15) is 0 Å². The fourth-order valence-electron chi connectivity index (χ4n) is 3.48. The van der Waals surface area contributed by atoms with E-state index in [1.54, 1.807) is 0 Å². The average Bonchev–Trinajstić information content (AvgIpc) is 2.64. The maximum atomic E-state index is 12.5. The summed E-state index contributed by atoms with van der Waals surface area (Å²) in [6.07, 6.45) is 7.55. The predicted octanol–water partition coefficient (Wildman–Crippen LogP) is 2.20. The summed E-state index contributed by atoms with van der Waals surface area (Å²) in [5, 5.41) is 3.22. The van der Waals surface area contributed by atoms with E-state index in [0.29, 0.717) is 23.9 Å². The van der Waals surface area contributed by atoms with E-state index in [9.17, 15) is 4.79 Å². The van der Waals surface area contributed by atoms with E-state index < -0.39 is 0 Å². The summed E-state index contributed by atoms with van der Waals surface area (Å²) in [7, 11) is 0. The molecule has 0 aromatic carbocycles. The fourth-order valence-corrected chi connectivity index (χ4v) is 3.48. The molecule has 0 radical (unpaired) electrons. The Morgan fingerprint density at radius 2 is 1.94 bits per heavy atom. The molecule has 0 unspecified atom stereocenters. The second-order valence-electron chi connectivity index (χ2n) is 6.49. The summed E-state index contributed by atoms with van der Waals surface area (Å²) >= 11 is 0. The van der Waals surface area contributed by atoms with E-state index in [-0.39, 0.29) is 5.41 Å². The summed E-state index contributed by atoms with van der Waals surface area (Å²) in [4.78, 5) is 12.5. The maximum Gasteiger partial charge on any atom is 0.226 e. The molecule has 0 aliphatic heterocycles. The number of nitrogens with one attached hydrogen (secondary N) is 1. The molecular formula is C14H26N2O. The van der Waals surface area contributed by atoms with E-state index in [4.69, 9.17) is 5.73 Å². The second-order valence-corrected chi connectivity index (χ2v) is 6.49. The van der Waals surface area contributed by atoms with Gasteiger partial charge in [-0.3, -0.25) is 4.79 Å². The van der Waals surface area contributed by atoms with Gasteiger partial charge in [0.05, 0.1) is 0 Å². The molecule has 1 amide bonds. The summed E-state index contributed by atoms with van der Waals surface area (Å²) < 4.78 is 0. The smallest absolute Gasteiger partial charge is 0.226 e. The zero-order valence-electron chi connectivity index (χ0n) is 11.2. The van der Waals surface area contributed by atoms with Crippen molar-refractivity contribution in [2.75, 3.05) is 0 Å². The highest BCUT2D eigenvalue weighted by Crippen LogP contribution is 2.43. The van der Waals surface area contributed by atoms with Gasteiger partial charge in [0.15, 0.2) is 0 Å². The van der Waals surface area contributed by atoms with Crippen molar-refractivity contribution in [3.8, 4) is 0 Å². The van der Waals surface area contributed by atoms with Crippen molar-refractivity contribution in [2.45, 2.75) is 70.9 Å². The Hall–Kier alpha value is -0.570. The van der Waals surface area contributed by atoms with E-state index in [1.807, 2.05) is 0 Å². The summed E-state index contributed by atoms with van der Waals surface area (Å²) in [5.41, 5.74) is 5.70. The van der Waals surface area contributed by atoms with Crippen molar-refractivity contribution in [3.63, 3.8) is 0 Å². The van der Waals surface area contributed by atoms with Crippen molar-refractivity contribution in [2.24, 2.45) is 17.1 Å². The standard InChI is InChI=1S/C14H26N2O/c1-10(2)9-14(5-3-4-6-14)13(17)16-12-7-11(15)8-12/h10-12H,3-9,15H2,1-2H3,(H,16,17). The zero-order valence-corrected chi connectivity index (χ0v) is 11.2. The third-order valence-electron chi connectivity index (χ3n) is 4.35. The van der Waals surface area contributed by atoms with E-state index >= 15 is 0 Å². The Morgan fingerprint density at radius 1 is 1.35 bits per heavy atom. The molecule has 17 heavy (non-hydrogen) atoms. The lowest BCUT2D eigenvalue weighted by atomic mass is 9.76. The molecule has 2 aliphatic carbocycles. The minimum Gasteiger partial charge on any atom is -0.353 e. The van der Waals surface area contributed by atoms with Crippen molar-refractivity contribution in [1.29, 1.82) is 0 Å². The van der Waals surface area contributed by atoms with Gasteiger partial charge in [0.25, 0.3) is 0 Å². The first-order valence-corrected chi connectivity index (χ1v) is 7.08. The van der Waals surface area contributed by atoms with Gasteiger partial charge >= 0.3 is 0 Å². The van der Waals surface area contributed by atoms with Crippen molar-refractivity contribution >= 4 is 5.91 Å². The summed E-state index contributed by atoms with van der Waals surface area (Å²) in [6, 6.07) is 0.659. The van der Waals surface area contributed by atoms with Crippen LogP contribution in [-0.2, 0) is 4.79 Å². The molecule has 3 heteroatoms. The first-order valence-electron chi connectivity index (χ1n) is 7.08. The molecule has 2 saturated carbocycles. The van der Waals surface area contributed by atoms with Gasteiger partial charge in [-0.1, -0.05) is 26.7 Å². The largest absolute Gasteiger partial charge is 0.353 e. The zero-order chi connectivity index (χ0) is 12.5. The van der Waals surface area contributed by atoms with Crippen molar-refractivity contribution in [3.05, 3.63) is 0 Å². The Labute approximate surface area is 105 Å². The third-order valence-corrected chi connectivity index (χ3v) is 4.35. The normalized spacial score (nSPS) is 31.3. The number of rotatable bonds is 4. The van der Waals surface area contributed by atoms with Gasteiger partial charge in [-0.15, -0.1) is 0 Å². The van der Waals surface area contributed by atoms with Crippen LogP contribution in [0.15, 0.2) is 0 Å². The molecule has 0 bridgehead atoms. The van der Waals surface area contributed by atoms with Crippen LogP contribution in [0.5, 0.6) is 0 Å². The lowest BCUT2D eigenvalue weighted by Gasteiger charge is -2.37. The van der Waals surface area contributed by atoms with Crippen LogP contribution in [0.2, 0.25) is 0 Å². The van der Waals surface area contributed by atoms with Gasteiger partial charge in [-0.05, 0) is 38.0 Å². The Kier molecular flexibility index (Phi) is 3.76. The Balaban J connectivity index is 1.93. The molecule has 2 fully saturated rings. The number of hydrogen-bond donors (Lipinski definition) is 2. The van der Waals surface area contributed by atoms with E-state index in [2.05, 4.69) is 19.2 Å². The van der Waals surface area contributed by atoms with Gasteiger partial charge in [0.2, 0.25) is 5.91 Å². The first-order chi connectivity index (χ1) is 8.02. The van der Waals surface area contributed by atoms with Crippen molar-refractivity contribution < 1.29 is 4.79 Å². The molecule has 0 atom stereocenters. The molecule has 3 N–H and O–H groups in total. The Morgan fingerprint density at radius 3 is 2.41 bits per heavy atom. The van der Waals surface area contributed by atoms with Gasteiger partial charge in [0.1, 0.15) is 0 Å². The molecule has 0 aromatic rings. The van der Waals surface area contributed by atoms with E-state index in [1.165, 1.54) is 12.8 Å². The van der Waals surface area contributed by atoms with Crippen molar-refractivity contribution in [1.82, 2.24) is 5.32 Å². The highest BCUT2D eigenvalue weighted by molar-refractivity contribution is 5.83. The summed E-state index contributed by atoms with van der Waals surface area (Å²) in [5.74, 6) is 0.906. The molecule has 0 spiro atoms. The number of carbonyl (C=O) groups excluding carboxylic acids is 1. The van der Waals surface area contributed by atoms with Crippen LogP contribution in [0.25, 0.3) is 0 Å². The molecule has 2 rings (SSSR count). The van der Waals surface area contributed by atoms with Crippen LogP contribution in [0.4, 0.5) is 0 Å². The molecule has 3 nitrogen and oxygen atoms in total. The lowest BCUT2D eigenvalue weighted by molar-refractivity contribution is -0.133. The average molecular weight is 238 g/mol. The highest BCUT2D eigenvalue weighted by Gasteiger charge is 2.42. The van der Waals surface area contributed by atoms with Crippen LogP contribution in [0.3, 0.4) is 0 Å². The van der Waals surface area contributed by atoms with Gasteiger partial charge in [0, 0.05) is 17.5 Å². The third kappa shape index (κ3) is 2.82. The predicted molar refractivity (Wildman–Crippen MR) is 69.5 cm³/mol. The first kappa shape index (κ1) is 12.9. The quantitative estimate of drug-likeness (QED) is 0.789. The molecular weight excluding hydrogens is 212 g/mol. The minimum atomic E-state index is -0.0617. The molecule has 2 aliphatic rings. The molecule has 98 valence electrons. The van der Waals surface area contributed by atoms with Crippen LogP contribution >= 0.6 is 0 Å². The van der Waals surface area contributed by atoms with Crippen LogP contribution in [0.1, 0.15) is 58.8 Å². The number of carbonyl (C=O) groups is 1. The van der Waals surface area contributed by atoms with Gasteiger partial charge in [-0.25, -0.2) is 0 Å². The minimum absolute atomic E-state index is 0.0617.